The zero-order chi connectivity index (χ0) is 24.2. The number of rotatable bonds is 5. The van der Waals surface area contributed by atoms with E-state index in [4.69, 9.17) is 0 Å². The van der Waals surface area contributed by atoms with E-state index in [0.717, 1.165) is 11.1 Å². The van der Waals surface area contributed by atoms with Crippen LogP contribution in [0.2, 0.25) is 0 Å². The van der Waals surface area contributed by atoms with Crippen molar-refractivity contribution in [3.05, 3.63) is 48.5 Å². The van der Waals surface area contributed by atoms with Gasteiger partial charge in [0, 0.05) is 12.4 Å². The summed E-state index contributed by atoms with van der Waals surface area (Å²) in [6.07, 6.45) is 2.34. The zero-order valence-corrected chi connectivity index (χ0v) is 17.3. The Labute approximate surface area is 191 Å². The molecule has 2 aromatic rings. The van der Waals surface area contributed by atoms with Gasteiger partial charge in [0.2, 0.25) is 23.6 Å². The molecule has 2 saturated heterocycles. The Hall–Kier alpha value is -5.00. The van der Waals surface area contributed by atoms with E-state index >= 15 is 0 Å². The first kappa shape index (κ1) is 22.2. The Morgan fingerprint density at radius 2 is 0.794 bits per heavy atom. The van der Waals surface area contributed by atoms with Crippen molar-refractivity contribution < 1.29 is 28.8 Å². The molecule has 2 aliphatic rings. The maximum Gasteiger partial charge on any atom is 0.328 e. The Balaban J connectivity index is 1.40. The number of hydrogen-bond acceptors (Lipinski definition) is 8. The predicted molar refractivity (Wildman–Crippen MR) is 119 cm³/mol. The summed E-state index contributed by atoms with van der Waals surface area (Å²) < 4.78 is 0. The molecule has 12 nitrogen and oxygen atoms in total. The maximum atomic E-state index is 11.7. The molecule has 0 saturated carbocycles. The van der Waals surface area contributed by atoms with Crippen molar-refractivity contribution in [2.24, 2.45) is 21.8 Å². The molecular weight excluding hydrogens is 444 g/mol. The molecule has 0 radical (unpaired) electrons. The average molecular weight is 460 g/mol. The van der Waals surface area contributed by atoms with Crippen LogP contribution >= 0.6 is 0 Å². The van der Waals surface area contributed by atoms with Gasteiger partial charge in [-0.1, -0.05) is 24.3 Å². The molecular formula is C22H16N6O6. The van der Waals surface area contributed by atoms with E-state index in [1.54, 1.807) is 48.5 Å². The first-order chi connectivity index (χ1) is 16.3. The molecule has 2 aliphatic heterocycles. The molecule has 170 valence electrons. The monoisotopic (exact) mass is 460 g/mol. The fraction of sp³-hybridized carbons (Fsp3) is 0.0909. The van der Waals surface area contributed by atoms with Crippen LogP contribution in [0.1, 0.15) is 0 Å². The molecule has 0 bridgehead atoms. The molecule has 0 aliphatic carbocycles. The number of hydrogen-bond donors (Lipinski definition) is 4. The van der Waals surface area contributed by atoms with E-state index in [1.165, 1.54) is 12.4 Å². The molecule has 0 aromatic heterocycles. The molecule has 4 N–H and O–H groups in total. The van der Waals surface area contributed by atoms with Crippen LogP contribution in [-0.4, -0.2) is 48.1 Å². The van der Waals surface area contributed by atoms with Crippen molar-refractivity contribution in [3.63, 3.8) is 0 Å². The summed E-state index contributed by atoms with van der Waals surface area (Å²) in [6, 6.07) is 12.3. The molecule has 34 heavy (non-hydrogen) atoms. The highest BCUT2D eigenvalue weighted by atomic mass is 16.2. The number of carbonyl (C=O) groups is 6. The summed E-state index contributed by atoms with van der Waals surface area (Å²) in [5.41, 5.74) is 2.73. The average Bonchev–Trinajstić information content (AvgIpc) is 2.78. The standard InChI is InChI=1S/C22H16N6O6/c29-17-15(18(30)26-21(33)25-17)9-23-13-5-1-11(2-6-13)12-3-7-14(8-4-12)24-10-16-19(31)27-22(34)28-20(16)32/h1-10,15-16H,(H2,25,26,29,30,33)(H2,27,28,31,32,34). The Morgan fingerprint density at radius 1 is 0.500 bits per heavy atom. The van der Waals surface area contributed by atoms with Crippen LogP contribution < -0.4 is 21.3 Å². The van der Waals surface area contributed by atoms with Crippen LogP contribution in [0.15, 0.2) is 58.5 Å². The summed E-state index contributed by atoms with van der Waals surface area (Å²) in [5.74, 6) is -5.36. The van der Waals surface area contributed by atoms with E-state index in [-0.39, 0.29) is 0 Å². The quantitative estimate of drug-likeness (QED) is 0.378. The third kappa shape index (κ3) is 4.91. The minimum atomic E-state index is -1.20. The van der Waals surface area contributed by atoms with Crippen LogP contribution in [0, 0.1) is 11.8 Å². The van der Waals surface area contributed by atoms with Crippen molar-refractivity contribution in [2.75, 3.05) is 0 Å². The van der Waals surface area contributed by atoms with Crippen molar-refractivity contribution in [3.8, 4) is 11.1 Å². The third-order valence-corrected chi connectivity index (χ3v) is 4.89. The minimum absolute atomic E-state index is 0.505. The highest BCUT2D eigenvalue weighted by Gasteiger charge is 2.33. The molecule has 2 fully saturated rings. The Kier molecular flexibility index (Phi) is 6.03. The third-order valence-electron chi connectivity index (χ3n) is 4.89. The van der Waals surface area contributed by atoms with Gasteiger partial charge in [0.1, 0.15) is 0 Å². The van der Waals surface area contributed by atoms with Crippen LogP contribution in [-0.2, 0) is 19.2 Å². The van der Waals surface area contributed by atoms with Crippen LogP contribution in [0.4, 0.5) is 21.0 Å². The smallest absolute Gasteiger partial charge is 0.277 e. The van der Waals surface area contributed by atoms with Gasteiger partial charge < -0.3 is 0 Å². The van der Waals surface area contributed by atoms with Gasteiger partial charge in [-0.3, -0.25) is 50.4 Å². The SMILES string of the molecule is O=C1NC(=O)C(C=Nc2ccc(-c3ccc(N=CC4C(=O)NC(=O)NC4=O)cc3)cc2)C(=O)N1. The van der Waals surface area contributed by atoms with Crippen molar-refractivity contribution in [1.82, 2.24) is 21.3 Å². The number of imide groups is 4. The van der Waals surface area contributed by atoms with Crippen LogP contribution in [0.5, 0.6) is 0 Å². The summed E-state index contributed by atoms with van der Waals surface area (Å²) in [6.45, 7) is 0. The normalized spacial score (nSPS) is 17.6. The van der Waals surface area contributed by atoms with E-state index in [1.807, 2.05) is 21.3 Å². The number of carbonyl (C=O) groups excluding carboxylic acids is 6. The number of aliphatic imine (C=N–C) groups is 2. The topological polar surface area (TPSA) is 175 Å². The summed E-state index contributed by atoms with van der Waals surface area (Å²) in [4.78, 5) is 77.4. The maximum absolute atomic E-state index is 11.7. The molecule has 12 heteroatoms. The van der Waals surface area contributed by atoms with Gasteiger partial charge in [0.15, 0.2) is 11.8 Å². The lowest BCUT2D eigenvalue weighted by molar-refractivity contribution is -0.134. The van der Waals surface area contributed by atoms with Gasteiger partial charge in [-0.05, 0) is 35.4 Å². The molecule has 4 rings (SSSR count). The highest BCUT2D eigenvalue weighted by Crippen LogP contribution is 2.25. The number of barbiturate groups is 2. The molecule has 0 spiro atoms. The van der Waals surface area contributed by atoms with Crippen molar-refractivity contribution in [1.29, 1.82) is 0 Å². The minimum Gasteiger partial charge on any atom is -0.277 e. The van der Waals surface area contributed by atoms with Gasteiger partial charge in [-0.25, -0.2) is 9.59 Å². The van der Waals surface area contributed by atoms with E-state index in [0.29, 0.717) is 11.4 Å². The Morgan fingerprint density at radius 3 is 1.09 bits per heavy atom. The number of nitrogens with one attached hydrogen (secondary N) is 4. The number of urea groups is 2. The highest BCUT2D eigenvalue weighted by molar-refractivity contribution is 6.24. The van der Waals surface area contributed by atoms with E-state index < -0.39 is 47.5 Å². The molecule has 0 unspecified atom stereocenters. The summed E-state index contributed by atoms with van der Waals surface area (Å²) >= 11 is 0. The van der Waals surface area contributed by atoms with Crippen molar-refractivity contribution in [2.45, 2.75) is 0 Å². The lowest BCUT2D eigenvalue weighted by Crippen LogP contribution is -2.56. The second kappa shape index (κ2) is 9.24. The van der Waals surface area contributed by atoms with Crippen LogP contribution in [0.25, 0.3) is 11.1 Å². The molecule has 0 atom stereocenters. The first-order valence-corrected chi connectivity index (χ1v) is 9.90. The molecule has 2 heterocycles. The second-order valence-electron chi connectivity index (χ2n) is 7.22. The Bertz CT molecular complexity index is 1130. The van der Waals surface area contributed by atoms with Gasteiger partial charge in [0.05, 0.1) is 11.4 Å². The lowest BCUT2D eigenvalue weighted by Gasteiger charge is -2.17. The van der Waals surface area contributed by atoms with Gasteiger partial charge in [-0.2, -0.15) is 0 Å². The summed E-state index contributed by atoms with van der Waals surface area (Å²) in [5, 5.41) is 8.00. The largest absolute Gasteiger partial charge is 0.328 e. The van der Waals surface area contributed by atoms with E-state index in [2.05, 4.69) is 9.98 Å². The molecule has 2 aromatic carbocycles. The van der Waals surface area contributed by atoms with Gasteiger partial charge >= 0.3 is 12.1 Å². The first-order valence-electron chi connectivity index (χ1n) is 9.90. The lowest BCUT2D eigenvalue weighted by atomic mass is 10.0. The zero-order valence-electron chi connectivity index (χ0n) is 17.3. The fourth-order valence-corrected chi connectivity index (χ4v) is 3.13. The summed E-state index contributed by atoms with van der Waals surface area (Å²) in [7, 11) is 0. The van der Waals surface area contributed by atoms with Crippen LogP contribution in [0.3, 0.4) is 0 Å². The van der Waals surface area contributed by atoms with Gasteiger partial charge in [0.25, 0.3) is 0 Å². The fourth-order valence-electron chi connectivity index (χ4n) is 3.13. The molecule has 8 amide bonds. The van der Waals surface area contributed by atoms with Gasteiger partial charge in [-0.15, -0.1) is 0 Å². The second-order valence-corrected chi connectivity index (χ2v) is 7.22. The number of amides is 8. The van der Waals surface area contributed by atoms with Crippen molar-refractivity contribution >= 4 is 59.5 Å². The number of nitrogens with zero attached hydrogens (tertiary/aromatic N) is 2. The van der Waals surface area contributed by atoms with E-state index in [9.17, 15) is 28.8 Å². The number of benzene rings is 2. The predicted octanol–water partition coefficient (Wildman–Crippen LogP) is 0.723.